The van der Waals surface area contributed by atoms with Crippen molar-refractivity contribution in [2.75, 3.05) is 6.54 Å². The molecule has 1 heterocycles. The van der Waals surface area contributed by atoms with E-state index in [1.165, 1.54) is 10.9 Å². The lowest BCUT2D eigenvalue weighted by Crippen LogP contribution is -2.27. The number of fused-ring (bicyclic) bond motifs is 1. The molecular formula is C18H26N2O. The summed E-state index contributed by atoms with van der Waals surface area (Å²) < 4.78 is 2.19. The third kappa shape index (κ3) is 3.29. The maximum Gasteiger partial charge on any atom is 0.268 e. The molecule has 3 heteroatoms. The first-order chi connectivity index (χ1) is 10.2. The largest absolute Gasteiger partial charge is 0.351 e. The van der Waals surface area contributed by atoms with Crippen LogP contribution in [0.2, 0.25) is 0 Å². The highest BCUT2D eigenvalue weighted by Gasteiger charge is 2.19. The molecule has 0 saturated heterocycles. The average Bonchev–Trinajstić information content (AvgIpc) is 2.78. The monoisotopic (exact) mass is 286 g/mol. The summed E-state index contributed by atoms with van der Waals surface area (Å²) in [6.07, 6.45) is 4.34. The molecule has 0 fully saturated rings. The van der Waals surface area contributed by atoms with E-state index in [9.17, 15) is 4.79 Å². The van der Waals surface area contributed by atoms with Gasteiger partial charge in [-0.25, -0.2) is 0 Å². The van der Waals surface area contributed by atoms with Crippen molar-refractivity contribution < 1.29 is 4.79 Å². The van der Waals surface area contributed by atoms with Crippen LogP contribution in [0.5, 0.6) is 0 Å². The summed E-state index contributed by atoms with van der Waals surface area (Å²) in [5, 5.41) is 4.25. The van der Waals surface area contributed by atoms with E-state index in [1.807, 2.05) is 12.1 Å². The lowest BCUT2D eigenvalue weighted by Gasteiger charge is -2.11. The molecule has 0 aliphatic carbocycles. The average molecular weight is 286 g/mol. The van der Waals surface area contributed by atoms with Crippen molar-refractivity contribution in [1.29, 1.82) is 0 Å². The topological polar surface area (TPSA) is 34.0 Å². The van der Waals surface area contributed by atoms with Gasteiger partial charge in [0.1, 0.15) is 5.69 Å². The van der Waals surface area contributed by atoms with Gasteiger partial charge in [-0.05, 0) is 31.4 Å². The van der Waals surface area contributed by atoms with E-state index >= 15 is 0 Å². The van der Waals surface area contributed by atoms with Gasteiger partial charge in [0.2, 0.25) is 0 Å². The summed E-state index contributed by atoms with van der Waals surface area (Å²) >= 11 is 0. The van der Waals surface area contributed by atoms with Crippen LogP contribution in [-0.4, -0.2) is 17.0 Å². The fourth-order valence-corrected chi connectivity index (χ4v) is 2.78. The Morgan fingerprint density at radius 2 is 1.86 bits per heavy atom. The van der Waals surface area contributed by atoms with Gasteiger partial charge in [-0.1, -0.05) is 44.9 Å². The van der Waals surface area contributed by atoms with Crippen molar-refractivity contribution in [2.45, 2.75) is 53.0 Å². The van der Waals surface area contributed by atoms with Gasteiger partial charge in [-0.3, -0.25) is 4.79 Å². The van der Waals surface area contributed by atoms with Gasteiger partial charge in [0.05, 0.1) is 0 Å². The number of para-hydroxylation sites is 1. The maximum atomic E-state index is 12.6. The molecule has 21 heavy (non-hydrogen) atoms. The van der Waals surface area contributed by atoms with Gasteiger partial charge in [0.25, 0.3) is 5.91 Å². The molecule has 1 aromatic carbocycles. The van der Waals surface area contributed by atoms with Crippen molar-refractivity contribution in [1.82, 2.24) is 9.88 Å². The second-order valence-corrected chi connectivity index (χ2v) is 5.61. The van der Waals surface area contributed by atoms with Crippen LogP contribution in [0.3, 0.4) is 0 Å². The molecule has 0 spiro atoms. The van der Waals surface area contributed by atoms with Gasteiger partial charge < -0.3 is 9.88 Å². The molecule has 1 aromatic heterocycles. The smallest absolute Gasteiger partial charge is 0.268 e. The van der Waals surface area contributed by atoms with Crippen molar-refractivity contribution in [3.05, 3.63) is 35.5 Å². The van der Waals surface area contributed by atoms with E-state index < -0.39 is 0 Å². The minimum atomic E-state index is 0.0632. The van der Waals surface area contributed by atoms with E-state index in [2.05, 4.69) is 42.8 Å². The number of aryl methyl sites for hydroxylation is 2. The van der Waals surface area contributed by atoms with Gasteiger partial charge in [0.15, 0.2) is 0 Å². The normalized spacial score (nSPS) is 11.0. The number of benzene rings is 1. The minimum Gasteiger partial charge on any atom is -0.351 e. The lowest BCUT2D eigenvalue weighted by molar-refractivity contribution is 0.0943. The van der Waals surface area contributed by atoms with Crippen LogP contribution in [0.4, 0.5) is 0 Å². The third-order valence-corrected chi connectivity index (χ3v) is 3.99. The summed E-state index contributed by atoms with van der Waals surface area (Å²) in [6, 6.07) is 8.30. The van der Waals surface area contributed by atoms with Crippen molar-refractivity contribution in [3.63, 3.8) is 0 Å². The Balaban J connectivity index is 2.39. The highest BCUT2D eigenvalue weighted by Crippen LogP contribution is 2.26. The first-order valence-corrected chi connectivity index (χ1v) is 8.06. The Morgan fingerprint density at radius 1 is 1.14 bits per heavy atom. The predicted octanol–water partition coefficient (Wildman–Crippen LogP) is 4.28. The minimum absolute atomic E-state index is 0.0632. The van der Waals surface area contributed by atoms with E-state index in [0.29, 0.717) is 0 Å². The Bertz CT molecular complexity index is 613. The van der Waals surface area contributed by atoms with E-state index in [1.54, 1.807) is 0 Å². The number of amides is 1. The van der Waals surface area contributed by atoms with Gasteiger partial charge in [0, 0.05) is 24.0 Å². The van der Waals surface area contributed by atoms with Gasteiger partial charge in [-0.15, -0.1) is 0 Å². The van der Waals surface area contributed by atoms with Crippen molar-refractivity contribution in [2.24, 2.45) is 0 Å². The molecule has 0 aliphatic rings. The fourth-order valence-electron chi connectivity index (χ4n) is 2.78. The summed E-state index contributed by atoms with van der Waals surface area (Å²) in [6.45, 7) is 8.03. The van der Waals surface area contributed by atoms with Crippen LogP contribution in [0.1, 0.15) is 55.6 Å². The Kier molecular flexibility index (Phi) is 5.43. The highest BCUT2D eigenvalue weighted by atomic mass is 16.1. The Morgan fingerprint density at radius 3 is 2.57 bits per heavy atom. The number of hydrogen-bond acceptors (Lipinski definition) is 1. The molecule has 0 atom stereocenters. The quantitative estimate of drug-likeness (QED) is 0.757. The molecule has 114 valence electrons. The SMILES string of the molecule is CCCCNC(=O)c1c(C)c2ccccc2n1CCCC. The summed E-state index contributed by atoms with van der Waals surface area (Å²) in [7, 11) is 0. The zero-order valence-electron chi connectivity index (χ0n) is 13.4. The number of nitrogens with zero attached hydrogens (tertiary/aromatic N) is 1. The summed E-state index contributed by atoms with van der Waals surface area (Å²) in [5.41, 5.74) is 3.10. The number of carbonyl (C=O) groups is 1. The van der Waals surface area contributed by atoms with E-state index in [4.69, 9.17) is 0 Å². The predicted molar refractivity (Wildman–Crippen MR) is 88.8 cm³/mol. The van der Waals surface area contributed by atoms with Crippen LogP contribution < -0.4 is 5.32 Å². The van der Waals surface area contributed by atoms with E-state index in [-0.39, 0.29) is 5.91 Å². The number of hydrogen-bond donors (Lipinski definition) is 1. The molecule has 2 rings (SSSR count). The first-order valence-electron chi connectivity index (χ1n) is 8.06. The Hall–Kier alpha value is -1.77. The molecular weight excluding hydrogens is 260 g/mol. The van der Waals surface area contributed by atoms with Crippen molar-refractivity contribution in [3.8, 4) is 0 Å². The maximum absolute atomic E-state index is 12.6. The highest BCUT2D eigenvalue weighted by molar-refractivity contribution is 6.01. The van der Waals surface area contributed by atoms with Crippen LogP contribution in [0, 0.1) is 6.92 Å². The summed E-state index contributed by atoms with van der Waals surface area (Å²) in [5.74, 6) is 0.0632. The number of unbranched alkanes of at least 4 members (excludes halogenated alkanes) is 2. The number of aromatic nitrogens is 1. The third-order valence-electron chi connectivity index (χ3n) is 3.99. The molecule has 1 N–H and O–H groups in total. The lowest BCUT2D eigenvalue weighted by atomic mass is 10.1. The van der Waals surface area contributed by atoms with Crippen LogP contribution in [0.15, 0.2) is 24.3 Å². The molecule has 1 amide bonds. The van der Waals surface area contributed by atoms with Crippen LogP contribution in [-0.2, 0) is 6.54 Å². The molecule has 0 bridgehead atoms. The van der Waals surface area contributed by atoms with E-state index in [0.717, 1.165) is 50.0 Å². The zero-order chi connectivity index (χ0) is 15.2. The number of carbonyl (C=O) groups excluding carboxylic acids is 1. The summed E-state index contributed by atoms with van der Waals surface area (Å²) in [4.78, 5) is 12.6. The fraction of sp³-hybridized carbons (Fsp3) is 0.500. The molecule has 0 aliphatic heterocycles. The second kappa shape index (κ2) is 7.30. The van der Waals surface area contributed by atoms with Crippen molar-refractivity contribution >= 4 is 16.8 Å². The van der Waals surface area contributed by atoms with Gasteiger partial charge in [-0.2, -0.15) is 0 Å². The molecule has 0 unspecified atom stereocenters. The second-order valence-electron chi connectivity index (χ2n) is 5.61. The molecule has 3 nitrogen and oxygen atoms in total. The van der Waals surface area contributed by atoms with Gasteiger partial charge >= 0.3 is 0 Å². The Labute approximate surface area is 127 Å². The number of rotatable bonds is 7. The molecule has 0 saturated carbocycles. The van der Waals surface area contributed by atoms with Crippen LogP contribution >= 0.6 is 0 Å². The van der Waals surface area contributed by atoms with Crippen LogP contribution in [0.25, 0.3) is 10.9 Å². The first kappa shape index (κ1) is 15.6. The zero-order valence-corrected chi connectivity index (χ0v) is 13.4. The molecule has 0 radical (unpaired) electrons. The molecule has 2 aromatic rings. The number of nitrogens with one attached hydrogen (secondary N) is 1. The standard InChI is InChI=1S/C18H26N2O/c1-4-6-12-19-18(21)17-14(3)15-10-8-9-11-16(15)20(17)13-7-5-2/h8-11H,4-7,12-13H2,1-3H3,(H,19,21).